The van der Waals surface area contributed by atoms with E-state index < -0.39 is 0 Å². The van der Waals surface area contributed by atoms with Crippen LogP contribution in [0.4, 0.5) is 0 Å². The molecule has 0 bridgehead atoms. The molecule has 0 nitrogen and oxygen atoms in total. The molecule has 0 aliphatic carbocycles. The highest BCUT2D eigenvalue weighted by molar-refractivity contribution is 5.00. The van der Waals surface area contributed by atoms with Crippen LogP contribution in [0, 0.1) is 37.5 Å². The average molecular weight is 262 g/mol. The van der Waals surface area contributed by atoms with Gasteiger partial charge in [-0.2, -0.15) is 0 Å². The summed E-state index contributed by atoms with van der Waals surface area (Å²) in [6.45, 7) is 12.2. The van der Waals surface area contributed by atoms with Crippen LogP contribution < -0.4 is 0 Å². The maximum atomic E-state index is 3.90. The number of unbranched alkanes of at least 4 members (excludes halogenated alkanes) is 7. The van der Waals surface area contributed by atoms with E-state index in [9.17, 15) is 0 Å². The van der Waals surface area contributed by atoms with Crippen molar-refractivity contribution >= 4 is 0 Å². The van der Waals surface area contributed by atoms with Gasteiger partial charge in [0.2, 0.25) is 0 Å². The minimum Gasteiger partial charge on any atom is -0.103 e. The van der Waals surface area contributed by atoms with Crippen molar-refractivity contribution in [2.75, 3.05) is 0 Å². The molecular weight excluding hydrogens is 228 g/mol. The van der Waals surface area contributed by atoms with Gasteiger partial charge in [-0.3, -0.25) is 0 Å². The van der Waals surface area contributed by atoms with Crippen molar-refractivity contribution in [2.45, 2.75) is 84.5 Å². The van der Waals surface area contributed by atoms with Crippen LogP contribution in [-0.4, -0.2) is 0 Å². The Morgan fingerprint density at radius 1 is 0.842 bits per heavy atom. The lowest BCUT2D eigenvalue weighted by Gasteiger charge is -2.20. The van der Waals surface area contributed by atoms with Gasteiger partial charge in [0.1, 0.15) is 0 Å². The monoisotopic (exact) mass is 262 g/mol. The summed E-state index contributed by atoms with van der Waals surface area (Å²) in [6, 6.07) is 0. The van der Waals surface area contributed by atoms with Crippen molar-refractivity contribution in [1.29, 1.82) is 0 Å². The molecule has 19 heavy (non-hydrogen) atoms. The topological polar surface area (TPSA) is 0 Å². The average Bonchev–Trinajstić information content (AvgIpc) is 2.39. The Bertz CT molecular complexity index is 228. The van der Waals surface area contributed by atoms with Crippen LogP contribution >= 0.6 is 0 Å². The maximum absolute atomic E-state index is 3.90. The number of hydrogen-bond acceptors (Lipinski definition) is 0. The van der Waals surface area contributed by atoms with E-state index in [1.54, 1.807) is 0 Å². The molecule has 1 atom stereocenters. The smallest absolute Gasteiger partial charge is 0.0198 e. The van der Waals surface area contributed by atoms with Crippen molar-refractivity contribution in [3.8, 4) is 11.8 Å². The highest BCUT2D eigenvalue weighted by Gasteiger charge is 2.12. The van der Waals surface area contributed by atoms with Crippen molar-refractivity contribution in [2.24, 2.45) is 11.8 Å². The molecule has 0 aliphatic heterocycles. The zero-order chi connectivity index (χ0) is 14.3. The molecule has 0 spiro atoms. The number of rotatable bonds is 12. The molecule has 0 aromatic carbocycles. The number of hydrogen-bond donors (Lipinski definition) is 0. The van der Waals surface area contributed by atoms with Gasteiger partial charge in [-0.05, 0) is 18.3 Å². The van der Waals surface area contributed by atoms with E-state index in [1.165, 1.54) is 57.8 Å². The van der Waals surface area contributed by atoms with Gasteiger partial charge in [0.05, 0.1) is 0 Å². The van der Waals surface area contributed by atoms with Gasteiger partial charge in [-0.25, -0.2) is 0 Å². The molecule has 0 aromatic heterocycles. The third-order valence-corrected chi connectivity index (χ3v) is 4.02. The summed E-state index contributed by atoms with van der Waals surface area (Å²) in [5.74, 6) is 7.54. The summed E-state index contributed by atoms with van der Waals surface area (Å²) in [6.07, 6.45) is 14.4. The molecule has 2 radical (unpaired) electrons. The lowest BCUT2D eigenvalue weighted by atomic mass is 9.86. The Kier molecular flexibility index (Phi) is 13.7. The zero-order valence-corrected chi connectivity index (χ0v) is 13.3. The first-order valence-corrected chi connectivity index (χ1v) is 8.26. The first kappa shape index (κ1) is 18.6. The molecule has 0 amide bonds. The van der Waals surface area contributed by atoms with Gasteiger partial charge in [0.25, 0.3) is 0 Å². The Balaban J connectivity index is 3.58. The molecular formula is C19H34. The third-order valence-electron chi connectivity index (χ3n) is 4.02. The Morgan fingerprint density at radius 3 is 2.00 bits per heavy atom. The standard InChI is InChI=1S/C19H34/c1-5-7-9-11-13-15-17-19(18(3)4)16-14-12-10-8-6-2/h18-19H,1-2,5,7,9-17H2,3-4H3. The van der Waals surface area contributed by atoms with E-state index in [0.29, 0.717) is 0 Å². The molecule has 0 N–H and O–H groups in total. The van der Waals surface area contributed by atoms with E-state index in [-0.39, 0.29) is 0 Å². The van der Waals surface area contributed by atoms with Crippen LogP contribution in [0.1, 0.15) is 84.5 Å². The van der Waals surface area contributed by atoms with Crippen molar-refractivity contribution in [1.82, 2.24) is 0 Å². The summed E-state index contributed by atoms with van der Waals surface area (Å²) in [5, 5.41) is 0. The predicted molar refractivity (Wildman–Crippen MR) is 87.6 cm³/mol. The van der Waals surface area contributed by atoms with Gasteiger partial charge in [-0.1, -0.05) is 78.6 Å². The lowest BCUT2D eigenvalue weighted by molar-refractivity contribution is 0.315. The largest absolute Gasteiger partial charge is 0.103 e. The summed E-state index contributed by atoms with van der Waals surface area (Å²) < 4.78 is 0. The van der Waals surface area contributed by atoms with Crippen LogP contribution in [0.3, 0.4) is 0 Å². The van der Waals surface area contributed by atoms with Gasteiger partial charge in [-0.15, -0.1) is 11.8 Å². The van der Waals surface area contributed by atoms with E-state index in [0.717, 1.165) is 24.7 Å². The first-order valence-electron chi connectivity index (χ1n) is 8.26. The Hall–Kier alpha value is -0.440. The fraction of sp³-hybridized carbons (Fsp3) is 0.789. The fourth-order valence-electron chi connectivity index (χ4n) is 2.63. The molecule has 110 valence electrons. The Morgan fingerprint density at radius 2 is 1.42 bits per heavy atom. The molecule has 0 saturated carbocycles. The van der Waals surface area contributed by atoms with E-state index >= 15 is 0 Å². The van der Waals surface area contributed by atoms with Gasteiger partial charge in [0.15, 0.2) is 0 Å². The van der Waals surface area contributed by atoms with Crippen LogP contribution in [-0.2, 0) is 0 Å². The lowest BCUT2D eigenvalue weighted by Crippen LogP contribution is -2.08. The minimum absolute atomic E-state index is 0.832. The van der Waals surface area contributed by atoms with Gasteiger partial charge < -0.3 is 0 Å². The summed E-state index contributed by atoms with van der Waals surface area (Å²) in [4.78, 5) is 0. The van der Waals surface area contributed by atoms with Crippen molar-refractivity contribution in [3.05, 3.63) is 13.8 Å². The Labute approximate surface area is 122 Å². The van der Waals surface area contributed by atoms with E-state index in [1.807, 2.05) is 0 Å². The molecule has 0 saturated heterocycles. The minimum atomic E-state index is 0.832. The maximum Gasteiger partial charge on any atom is 0.0198 e. The second kappa shape index (κ2) is 14.0. The van der Waals surface area contributed by atoms with Crippen molar-refractivity contribution < 1.29 is 0 Å². The SMILES string of the molecule is [CH2]C#CCCCCC(CCCCCCC[CH2])C(C)C. The molecule has 1 unspecified atom stereocenters. The van der Waals surface area contributed by atoms with Crippen LogP contribution in [0.2, 0.25) is 0 Å². The van der Waals surface area contributed by atoms with Crippen LogP contribution in [0.25, 0.3) is 0 Å². The molecule has 0 heteroatoms. The highest BCUT2D eigenvalue weighted by atomic mass is 14.2. The normalized spacial score (nSPS) is 12.3. The highest BCUT2D eigenvalue weighted by Crippen LogP contribution is 2.25. The predicted octanol–water partition coefficient (Wildman–Crippen LogP) is 6.22. The third kappa shape index (κ3) is 12.3. The van der Waals surface area contributed by atoms with Crippen LogP contribution in [0.15, 0.2) is 0 Å². The summed E-state index contributed by atoms with van der Waals surface area (Å²) in [7, 11) is 0. The summed E-state index contributed by atoms with van der Waals surface area (Å²) in [5.41, 5.74) is 0. The van der Waals surface area contributed by atoms with Gasteiger partial charge >= 0.3 is 0 Å². The van der Waals surface area contributed by atoms with E-state index in [2.05, 4.69) is 39.5 Å². The first-order chi connectivity index (χ1) is 9.22. The quantitative estimate of drug-likeness (QED) is 0.289. The molecule has 0 rings (SSSR count). The second-order valence-corrected chi connectivity index (χ2v) is 6.01. The molecule has 0 heterocycles. The van der Waals surface area contributed by atoms with Crippen molar-refractivity contribution in [3.63, 3.8) is 0 Å². The summed E-state index contributed by atoms with van der Waals surface area (Å²) >= 11 is 0. The van der Waals surface area contributed by atoms with E-state index in [4.69, 9.17) is 0 Å². The van der Waals surface area contributed by atoms with Crippen LogP contribution in [0.5, 0.6) is 0 Å². The second-order valence-electron chi connectivity index (χ2n) is 6.01. The molecule has 0 fully saturated rings. The fourth-order valence-corrected chi connectivity index (χ4v) is 2.63. The molecule has 0 aromatic rings. The molecule has 0 aliphatic rings. The zero-order valence-electron chi connectivity index (χ0n) is 13.3. The van der Waals surface area contributed by atoms with Gasteiger partial charge in [0, 0.05) is 13.3 Å².